The fourth-order valence-electron chi connectivity index (χ4n) is 3.31. The van der Waals surface area contributed by atoms with Gasteiger partial charge in [-0.05, 0) is 31.9 Å². The standard InChI is InChI=1S/C21H26N4O5/c1-14(19(26)23-21(28)22-15-9-5-3-6-10-15)30-20(27)18-17(29-2)13-25(24-18)16-11-7-4-8-12-16/h4,7-8,11-15H,3,5-6,9-10H2,1-2H3,(H2,22,23,26,28)/t14-/m1/s1. The first kappa shape index (κ1) is 21.4. The van der Waals surface area contributed by atoms with Gasteiger partial charge in [-0.1, -0.05) is 37.5 Å². The molecule has 9 nitrogen and oxygen atoms in total. The number of nitrogens with zero attached hydrogens (tertiary/aromatic N) is 2. The Morgan fingerprint density at radius 2 is 1.83 bits per heavy atom. The molecule has 30 heavy (non-hydrogen) atoms. The second kappa shape index (κ2) is 9.91. The molecule has 1 fully saturated rings. The van der Waals surface area contributed by atoms with E-state index in [-0.39, 0.29) is 17.5 Å². The number of hydrogen-bond acceptors (Lipinski definition) is 6. The summed E-state index contributed by atoms with van der Waals surface area (Å²) in [4.78, 5) is 36.8. The average Bonchev–Trinajstić information content (AvgIpc) is 3.19. The normalized spacial score (nSPS) is 15.1. The predicted molar refractivity (Wildman–Crippen MR) is 109 cm³/mol. The van der Waals surface area contributed by atoms with Crippen molar-refractivity contribution < 1.29 is 23.9 Å². The quantitative estimate of drug-likeness (QED) is 0.703. The van der Waals surface area contributed by atoms with Crippen molar-refractivity contribution in [3.8, 4) is 11.4 Å². The zero-order valence-corrected chi connectivity index (χ0v) is 17.1. The highest BCUT2D eigenvalue weighted by Gasteiger charge is 2.26. The third kappa shape index (κ3) is 5.37. The number of amides is 3. The minimum atomic E-state index is -1.18. The first-order chi connectivity index (χ1) is 14.5. The minimum absolute atomic E-state index is 0.0624. The van der Waals surface area contributed by atoms with E-state index in [1.165, 1.54) is 18.7 Å². The van der Waals surface area contributed by atoms with Crippen LogP contribution < -0.4 is 15.4 Å². The molecule has 0 saturated heterocycles. The van der Waals surface area contributed by atoms with Crippen molar-refractivity contribution in [3.05, 3.63) is 42.2 Å². The van der Waals surface area contributed by atoms with Gasteiger partial charge < -0.3 is 14.8 Å². The van der Waals surface area contributed by atoms with Gasteiger partial charge in [-0.15, -0.1) is 0 Å². The van der Waals surface area contributed by atoms with Gasteiger partial charge in [-0.25, -0.2) is 14.3 Å². The molecule has 2 N–H and O–H groups in total. The molecule has 1 aliphatic carbocycles. The Kier molecular flexibility index (Phi) is 7.05. The number of imide groups is 1. The van der Waals surface area contributed by atoms with E-state index >= 15 is 0 Å². The van der Waals surface area contributed by atoms with Crippen LogP contribution in [0.2, 0.25) is 0 Å². The van der Waals surface area contributed by atoms with Crippen molar-refractivity contribution in [3.63, 3.8) is 0 Å². The SMILES string of the molecule is COc1cn(-c2ccccc2)nc1C(=O)O[C@H](C)C(=O)NC(=O)NC1CCCCC1. The van der Waals surface area contributed by atoms with Crippen LogP contribution in [0.25, 0.3) is 5.69 Å². The molecule has 0 spiro atoms. The smallest absolute Gasteiger partial charge is 0.363 e. The summed E-state index contributed by atoms with van der Waals surface area (Å²) < 4.78 is 11.9. The van der Waals surface area contributed by atoms with Crippen molar-refractivity contribution in [2.75, 3.05) is 7.11 Å². The van der Waals surface area contributed by atoms with Crippen LogP contribution in [-0.4, -0.2) is 46.9 Å². The van der Waals surface area contributed by atoms with Gasteiger partial charge in [0.2, 0.25) is 5.69 Å². The largest absolute Gasteiger partial charge is 0.493 e. The summed E-state index contributed by atoms with van der Waals surface area (Å²) in [5.41, 5.74) is 0.674. The van der Waals surface area contributed by atoms with Crippen LogP contribution in [0.3, 0.4) is 0 Å². The molecule has 1 heterocycles. The van der Waals surface area contributed by atoms with Crippen LogP contribution in [-0.2, 0) is 9.53 Å². The molecule has 3 rings (SSSR count). The Morgan fingerprint density at radius 1 is 1.13 bits per heavy atom. The Morgan fingerprint density at radius 3 is 2.50 bits per heavy atom. The Labute approximate surface area is 174 Å². The topological polar surface area (TPSA) is 112 Å². The highest BCUT2D eigenvalue weighted by Crippen LogP contribution is 2.21. The first-order valence-electron chi connectivity index (χ1n) is 9.99. The predicted octanol–water partition coefficient (Wildman–Crippen LogP) is 2.58. The number of para-hydroxylation sites is 1. The molecule has 0 radical (unpaired) electrons. The molecular formula is C21H26N4O5. The third-order valence-corrected chi connectivity index (χ3v) is 4.94. The molecule has 2 aromatic rings. The van der Waals surface area contributed by atoms with E-state index < -0.39 is 24.0 Å². The maximum atomic E-state index is 12.5. The lowest BCUT2D eigenvalue weighted by Crippen LogP contribution is -2.48. The summed E-state index contributed by atoms with van der Waals surface area (Å²) in [6, 6.07) is 8.67. The van der Waals surface area contributed by atoms with Crippen molar-refractivity contribution in [1.29, 1.82) is 0 Å². The van der Waals surface area contributed by atoms with Gasteiger partial charge in [0.05, 0.1) is 19.0 Å². The number of carbonyl (C=O) groups excluding carboxylic acids is 3. The van der Waals surface area contributed by atoms with E-state index in [1.807, 2.05) is 30.3 Å². The van der Waals surface area contributed by atoms with Crippen LogP contribution in [0.5, 0.6) is 5.75 Å². The molecule has 1 aromatic heterocycles. The molecule has 0 unspecified atom stereocenters. The van der Waals surface area contributed by atoms with Gasteiger partial charge in [-0.3, -0.25) is 10.1 Å². The third-order valence-electron chi connectivity index (χ3n) is 4.94. The fourth-order valence-corrected chi connectivity index (χ4v) is 3.31. The van der Waals surface area contributed by atoms with E-state index in [1.54, 1.807) is 6.20 Å². The number of aromatic nitrogens is 2. The molecule has 1 aromatic carbocycles. The second-order valence-electron chi connectivity index (χ2n) is 7.17. The van der Waals surface area contributed by atoms with Gasteiger partial charge in [0, 0.05) is 6.04 Å². The van der Waals surface area contributed by atoms with Crippen molar-refractivity contribution >= 4 is 17.9 Å². The van der Waals surface area contributed by atoms with E-state index in [0.29, 0.717) is 0 Å². The fraction of sp³-hybridized carbons (Fsp3) is 0.429. The number of nitrogens with one attached hydrogen (secondary N) is 2. The van der Waals surface area contributed by atoms with Gasteiger partial charge in [0.15, 0.2) is 11.9 Å². The number of ether oxygens (including phenoxy) is 2. The molecule has 0 aliphatic heterocycles. The van der Waals surface area contributed by atoms with E-state index in [9.17, 15) is 14.4 Å². The zero-order chi connectivity index (χ0) is 21.5. The number of urea groups is 1. The van der Waals surface area contributed by atoms with Crippen molar-refractivity contribution in [1.82, 2.24) is 20.4 Å². The van der Waals surface area contributed by atoms with E-state index in [2.05, 4.69) is 15.7 Å². The summed E-state index contributed by atoms with van der Waals surface area (Å²) in [5, 5.41) is 9.21. The number of esters is 1. The lowest BCUT2D eigenvalue weighted by Gasteiger charge is -2.23. The van der Waals surface area contributed by atoms with Crippen molar-refractivity contribution in [2.24, 2.45) is 0 Å². The van der Waals surface area contributed by atoms with Gasteiger partial charge in [0.1, 0.15) is 0 Å². The van der Waals surface area contributed by atoms with Gasteiger partial charge in [-0.2, -0.15) is 5.10 Å². The highest BCUT2D eigenvalue weighted by atomic mass is 16.6. The summed E-state index contributed by atoms with van der Waals surface area (Å²) in [6.45, 7) is 1.39. The average molecular weight is 414 g/mol. The lowest BCUT2D eigenvalue weighted by atomic mass is 9.96. The monoisotopic (exact) mass is 414 g/mol. The number of benzene rings is 1. The highest BCUT2D eigenvalue weighted by molar-refractivity contribution is 5.98. The number of methoxy groups -OCH3 is 1. The maximum absolute atomic E-state index is 12.5. The summed E-state index contributed by atoms with van der Waals surface area (Å²) in [6.07, 6.45) is 5.45. The molecule has 160 valence electrons. The molecule has 1 aliphatic rings. The first-order valence-corrected chi connectivity index (χ1v) is 9.99. The molecule has 1 atom stereocenters. The van der Waals surface area contributed by atoms with Gasteiger partial charge in [0.25, 0.3) is 5.91 Å². The number of hydrogen-bond donors (Lipinski definition) is 2. The second-order valence-corrected chi connectivity index (χ2v) is 7.17. The van der Waals surface area contributed by atoms with Gasteiger partial charge >= 0.3 is 12.0 Å². The lowest BCUT2D eigenvalue weighted by molar-refractivity contribution is -0.127. The Balaban J connectivity index is 1.58. The van der Waals surface area contributed by atoms with Crippen LogP contribution in [0.1, 0.15) is 49.5 Å². The number of rotatable bonds is 6. The van der Waals surface area contributed by atoms with Crippen LogP contribution in [0, 0.1) is 0 Å². The number of carbonyl (C=O) groups is 3. The molecular weight excluding hydrogens is 388 g/mol. The Hall–Kier alpha value is -3.36. The molecule has 0 bridgehead atoms. The van der Waals surface area contributed by atoms with E-state index in [4.69, 9.17) is 9.47 Å². The summed E-state index contributed by atoms with van der Waals surface area (Å²) >= 11 is 0. The zero-order valence-electron chi connectivity index (χ0n) is 17.1. The van der Waals surface area contributed by atoms with Crippen LogP contribution in [0.15, 0.2) is 36.5 Å². The maximum Gasteiger partial charge on any atom is 0.363 e. The van der Waals surface area contributed by atoms with Crippen molar-refractivity contribution in [2.45, 2.75) is 51.2 Å². The van der Waals surface area contributed by atoms with E-state index in [0.717, 1.165) is 37.8 Å². The summed E-state index contributed by atoms with van der Waals surface area (Å²) in [5.74, 6) is -1.32. The summed E-state index contributed by atoms with van der Waals surface area (Å²) in [7, 11) is 1.41. The molecule has 9 heteroatoms. The molecule has 3 amide bonds. The molecule has 1 saturated carbocycles. The van der Waals surface area contributed by atoms with Crippen LogP contribution >= 0.6 is 0 Å². The Bertz CT molecular complexity index is 890. The minimum Gasteiger partial charge on any atom is -0.493 e. The van der Waals surface area contributed by atoms with Crippen LogP contribution in [0.4, 0.5) is 4.79 Å².